The van der Waals surface area contributed by atoms with Crippen LogP contribution in [0, 0.1) is 0 Å². The minimum absolute atomic E-state index is 0.200. The minimum atomic E-state index is -0.448. The number of rotatable bonds is 3. The van der Waals surface area contributed by atoms with E-state index in [2.05, 4.69) is 5.32 Å². The number of methoxy groups -OCH3 is 1. The topological polar surface area (TPSA) is 58.6 Å². The summed E-state index contributed by atoms with van der Waals surface area (Å²) in [4.78, 5) is 25.0. The minimum Gasteiger partial charge on any atom is -0.465 e. The van der Waals surface area contributed by atoms with E-state index in [9.17, 15) is 9.59 Å². The van der Waals surface area contributed by atoms with Gasteiger partial charge in [0.1, 0.15) is 0 Å². The number of hydrogen-bond donors (Lipinski definition) is 1. The van der Waals surface area contributed by atoms with Crippen LogP contribution in [0.4, 0.5) is 10.5 Å². The number of benzene rings is 1. The van der Waals surface area contributed by atoms with Gasteiger partial charge in [-0.3, -0.25) is 4.90 Å². The normalized spacial score (nSPS) is 13.9. The Labute approximate surface area is 106 Å². The van der Waals surface area contributed by atoms with Gasteiger partial charge in [-0.15, -0.1) is 0 Å². The van der Waals surface area contributed by atoms with Crippen LogP contribution in [-0.2, 0) is 4.74 Å². The highest BCUT2D eigenvalue weighted by molar-refractivity contribution is 6.01. The van der Waals surface area contributed by atoms with E-state index in [1.807, 2.05) is 0 Å². The van der Waals surface area contributed by atoms with E-state index in [0.29, 0.717) is 11.3 Å². The van der Waals surface area contributed by atoms with Crippen LogP contribution >= 0.6 is 0 Å². The van der Waals surface area contributed by atoms with Crippen molar-refractivity contribution in [3.05, 3.63) is 29.8 Å². The van der Waals surface area contributed by atoms with Crippen LogP contribution in [0.25, 0.3) is 0 Å². The van der Waals surface area contributed by atoms with Crippen molar-refractivity contribution in [2.75, 3.05) is 19.1 Å². The van der Waals surface area contributed by atoms with E-state index < -0.39 is 5.97 Å². The molecule has 1 aliphatic carbocycles. The van der Waals surface area contributed by atoms with E-state index in [-0.39, 0.29) is 12.1 Å². The first kappa shape index (κ1) is 12.4. The fourth-order valence-corrected chi connectivity index (χ4v) is 1.66. The molecule has 1 aromatic carbocycles. The zero-order valence-corrected chi connectivity index (χ0v) is 10.5. The molecule has 1 N–H and O–H groups in total. The van der Waals surface area contributed by atoms with Gasteiger partial charge in [0.2, 0.25) is 0 Å². The summed E-state index contributed by atoms with van der Waals surface area (Å²) in [5.74, 6) is -0.448. The molecule has 0 radical (unpaired) electrons. The molecule has 5 nitrogen and oxygen atoms in total. The molecule has 2 amide bonds. The maximum atomic E-state index is 11.9. The molecule has 18 heavy (non-hydrogen) atoms. The molecular weight excluding hydrogens is 232 g/mol. The maximum Gasteiger partial charge on any atom is 0.339 e. The van der Waals surface area contributed by atoms with Gasteiger partial charge in [-0.25, -0.2) is 9.59 Å². The predicted molar refractivity (Wildman–Crippen MR) is 67.7 cm³/mol. The first-order valence-corrected chi connectivity index (χ1v) is 5.85. The summed E-state index contributed by atoms with van der Waals surface area (Å²) in [6.45, 7) is 0. The van der Waals surface area contributed by atoms with Gasteiger partial charge in [0.15, 0.2) is 0 Å². The fourth-order valence-electron chi connectivity index (χ4n) is 1.66. The van der Waals surface area contributed by atoms with Crippen molar-refractivity contribution >= 4 is 17.7 Å². The summed E-state index contributed by atoms with van der Waals surface area (Å²) in [6.07, 6.45) is 2.05. The number of urea groups is 1. The first-order valence-electron chi connectivity index (χ1n) is 5.85. The lowest BCUT2D eigenvalue weighted by Crippen LogP contribution is -2.39. The average Bonchev–Trinajstić information content (AvgIpc) is 3.20. The van der Waals surface area contributed by atoms with Gasteiger partial charge in [-0.05, 0) is 25.0 Å². The first-order chi connectivity index (χ1) is 8.63. The highest BCUT2D eigenvalue weighted by atomic mass is 16.5. The largest absolute Gasteiger partial charge is 0.465 e. The van der Waals surface area contributed by atoms with Crippen molar-refractivity contribution in [2.45, 2.75) is 18.9 Å². The summed E-state index contributed by atoms with van der Waals surface area (Å²) in [6, 6.07) is 6.96. The molecule has 1 fully saturated rings. The molecule has 0 aromatic heterocycles. The average molecular weight is 248 g/mol. The summed E-state index contributed by atoms with van der Waals surface area (Å²) < 4.78 is 4.70. The lowest BCUT2D eigenvalue weighted by Gasteiger charge is -2.20. The Balaban J connectivity index is 2.20. The van der Waals surface area contributed by atoms with Crippen LogP contribution in [0.3, 0.4) is 0 Å². The van der Waals surface area contributed by atoms with E-state index in [4.69, 9.17) is 4.74 Å². The fraction of sp³-hybridized carbons (Fsp3) is 0.385. The van der Waals surface area contributed by atoms with E-state index in [0.717, 1.165) is 12.8 Å². The molecular formula is C13H16N2O3. The quantitative estimate of drug-likeness (QED) is 0.829. The van der Waals surface area contributed by atoms with Crippen molar-refractivity contribution in [3.8, 4) is 0 Å². The number of anilines is 1. The summed E-state index contributed by atoms with van der Waals surface area (Å²) in [5.41, 5.74) is 0.927. The second-order valence-electron chi connectivity index (χ2n) is 4.29. The Kier molecular flexibility index (Phi) is 3.50. The Hall–Kier alpha value is -2.04. The zero-order valence-electron chi connectivity index (χ0n) is 10.5. The lowest BCUT2D eigenvalue weighted by molar-refractivity contribution is 0.0601. The second-order valence-corrected chi connectivity index (χ2v) is 4.29. The van der Waals surface area contributed by atoms with Crippen molar-refractivity contribution in [3.63, 3.8) is 0 Å². The van der Waals surface area contributed by atoms with Crippen molar-refractivity contribution < 1.29 is 14.3 Å². The Morgan fingerprint density at radius 2 is 2.00 bits per heavy atom. The molecule has 0 saturated heterocycles. The monoisotopic (exact) mass is 248 g/mol. The summed E-state index contributed by atoms with van der Waals surface area (Å²) in [5, 5.41) is 2.87. The van der Waals surface area contributed by atoms with Gasteiger partial charge in [0, 0.05) is 13.1 Å². The van der Waals surface area contributed by atoms with Crippen molar-refractivity contribution in [2.24, 2.45) is 0 Å². The molecule has 0 aliphatic heterocycles. The lowest BCUT2D eigenvalue weighted by atomic mass is 10.1. The van der Waals surface area contributed by atoms with Crippen LogP contribution in [-0.4, -0.2) is 32.2 Å². The molecule has 2 rings (SSSR count). The Morgan fingerprint density at radius 3 is 2.61 bits per heavy atom. The van der Waals surface area contributed by atoms with Crippen LogP contribution in [0.2, 0.25) is 0 Å². The van der Waals surface area contributed by atoms with E-state index in [1.165, 1.54) is 12.0 Å². The predicted octanol–water partition coefficient (Wildman–Crippen LogP) is 1.78. The van der Waals surface area contributed by atoms with Crippen molar-refractivity contribution in [1.82, 2.24) is 5.32 Å². The van der Waals surface area contributed by atoms with Crippen LogP contribution in [0.5, 0.6) is 0 Å². The van der Waals surface area contributed by atoms with Gasteiger partial charge >= 0.3 is 12.0 Å². The maximum absolute atomic E-state index is 11.9. The number of hydrogen-bond acceptors (Lipinski definition) is 3. The van der Waals surface area contributed by atoms with Gasteiger partial charge in [-0.2, -0.15) is 0 Å². The highest BCUT2D eigenvalue weighted by Gasteiger charge is 2.26. The van der Waals surface area contributed by atoms with E-state index >= 15 is 0 Å². The second kappa shape index (κ2) is 5.08. The number of para-hydroxylation sites is 1. The van der Waals surface area contributed by atoms with Crippen molar-refractivity contribution in [1.29, 1.82) is 0 Å². The molecule has 0 unspecified atom stereocenters. The molecule has 5 heteroatoms. The Bertz CT molecular complexity index is 469. The third-order valence-electron chi connectivity index (χ3n) is 2.88. The molecule has 0 bridgehead atoms. The van der Waals surface area contributed by atoms with Crippen LogP contribution in [0.1, 0.15) is 23.2 Å². The third kappa shape index (κ3) is 2.61. The number of carbonyl (C=O) groups is 2. The molecule has 1 aromatic rings. The highest BCUT2D eigenvalue weighted by Crippen LogP contribution is 2.22. The third-order valence-corrected chi connectivity index (χ3v) is 2.88. The molecule has 0 spiro atoms. The van der Waals surface area contributed by atoms with Crippen LogP contribution < -0.4 is 10.2 Å². The summed E-state index contributed by atoms with van der Waals surface area (Å²) in [7, 11) is 2.96. The van der Waals surface area contributed by atoms with Gasteiger partial charge in [0.05, 0.1) is 18.4 Å². The number of esters is 1. The smallest absolute Gasteiger partial charge is 0.339 e. The number of ether oxygens (including phenoxy) is 1. The molecule has 96 valence electrons. The number of nitrogens with zero attached hydrogens (tertiary/aromatic N) is 1. The van der Waals surface area contributed by atoms with Gasteiger partial charge in [0.25, 0.3) is 0 Å². The van der Waals surface area contributed by atoms with E-state index in [1.54, 1.807) is 31.3 Å². The number of amides is 2. The number of nitrogens with one attached hydrogen (secondary N) is 1. The SMILES string of the molecule is COC(=O)c1ccccc1N(C)C(=O)NC1CC1. The molecule has 0 heterocycles. The Morgan fingerprint density at radius 1 is 1.33 bits per heavy atom. The molecule has 1 saturated carbocycles. The number of carbonyl (C=O) groups excluding carboxylic acids is 2. The van der Waals surface area contributed by atoms with Gasteiger partial charge < -0.3 is 10.1 Å². The summed E-state index contributed by atoms with van der Waals surface area (Å²) >= 11 is 0. The van der Waals surface area contributed by atoms with Gasteiger partial charge in [-0.1, -0.05) is 12.1 Å². The standard InChI is InChI=1S/C13H16N2O3/c1-15(13(17)14-9-7-8-9)11-6-4-3-5-10(11)12(16)18-2/h3-6,9H,7-8H2,1-2H3,(H,14,17). The molecule has 1 aliphatic rings. The zero-order chi connectivity index (χ0) is 13.1. The molecule has 0 atom stereocenters. The van der Waals surface area contributed by atoms with Crippen LogP contribution in [0.15, 0.2) is 24.3 Å².